The number of carbonyl (C=O) groups is 2. The molecule has 2 heterocycles. The maximum Gasteiger partial charge on any atom is 2.00 e. The Balaban J connectivity index is 0.000000443. The Bertz CT molecular complexity index is 520. The van der Waals surface area contributed by atoms with E-state index in [1.165, 1.54) is 0 Å². The number of hydrogen-bond donors (Lipinski definition) is 6. The fourth-order valence-electron chi connectivity index (χ4n) is 1.63. The topological polar surface area (TPSA) is 220 Å². The molecule has 2 aliphatic heterocycles. The molecule has 13 heteroatoms. The van der Waals surface area contributed by atoms with Crippen molar-refractivity contribution in [2.45, 2.75) is 24.4 Å². The molecule has 2 rings (SSSR count). The first-order valence-electron chi connectivity index (χ1n) is 6.35. The third kappa shape index (κ3) is 5.34. The summed E-state index contributed by atoms with van der Waals surface area (Å²) in [5.41, 5.74) is 0. The quantitative estimate of drug-likeness (QED) is 0.195. The maximum atomic E-state index is 10.6. The second kappa shape index (κ2) is 10.0. The minimum atomic E-state index is -1.46. The van der Waals surface area contributed by atoms with Gasteiger partial charge in [0, 0.05) is 11.5 Å². The monoisotopic (exact) mass is 390 g/mol. The summed E-state index contributed by atoms with van der Waals surface area (Å²) in [6.07, 6.45) is -5.76. The molecule has 25 heavy (non-hydrogen) atoms. The summed E-state index contributed by atoms with van der Waals surface area (Å²) in [4.78, 5) is 20.9. The molecule has 0 saturated heterocycles. The SMILES string of the molecule is O=C1OC([C@@H](O)CO)C(O)=C1[O-].O=C1OC([C@@H](O)CO)C(O)=C1[O-].[Ca+2]. The van der Waals surface area contributed by atoms with E-state index in [2.05, 4.69) is 9.47 Å². The molecule has 4 atom stereocenters. The number of aliphatic hydroxyl groups excluding tert-OH is 6. The Morgan fingerprint density at radius 3 is 1.28 bits per heavy atom. The van der Waals surface area contributed by atoms with Crippen molar-refractivity contribution in [1.29, 1.82) is 0 Å². The zero-order valence-electron chi connectivity index (χ0n) is 12.6. The zero-order chi connectivity index (χ0) is 18.6. The Morgan fingerprint density at radius 1 is 0.840 bits per heavy atom. The maximum absolute atomic E-state index is 10.6. The number of hydrogen-bond acceptors (Lipinski definition) is 12. The molecule has 0 aromatic carbocycles. The predicted octanol–water partition coefficient (Wildman–Crippen LogP) is -5.59. The minimum absolute atomic E-state index is 0. The van der Waals surface area contributed by atoms with E-state index in [-0.39, 0.29) is 37.7 Å². The number of carbonyl (C=O) groups excluding carboxylic acids is 2. The van der Waals surface area contributed by atoms with Gasteiger partial charge in [0.1, 0.15) is 23.7 Å². The first kappa shape index (κ1) is 23.7. The molecule has 0 saturated carbocycles. The van der Waals surface area contributed by atoms with Crippen LogP contribution in [0, 0.1) is 0 Å². The van der Waals surface area contributed by atoms with Crippen LogP contribution in [0.3, 0.4) is 0 Å². The molecule has 0 bridgehead atoms. The Kier molecular flexibility index (Phi) is 9.50. The van der Waals surface area contributed by atoms with Crippen LogP contribution < -0.4 is 10.2 Å². The first-order valence-corrected chi connectivity index (χ1v) is 6.35. The summed E-state index contributed by atoms with van der Waals surface area (Å²) >= 11 is 0. The van der Waals surface area contributed by atoms with Crippen molar-refractivity contribution in [3.05, 3.63) is 23.0 Å². The van der Waals surface area contributed by atoms with Gasteiger partial charge in [-0.3, -0.25) is 0 Å². The minimum Gasteiger partial charge on any atom is -0.865 e. The van der Waals surface area contributed by atoms with E-state index in [9.17, 15) is 19.8 Å². The van der Waals surface area contributed by atoms with Gasteiger partial charge in [0.2, 0.25) is 0 Å². The van der Waals surface area contributed by atoms with Gasteiger partial charge in [-0.05, 0) is 0 Å². The van der Waals surface area contributed by atoms with Crippen LogP contribution in [0.4, 0.5) is 0 Å². The van der Waals surface area contributed by atoms with Crippen molar-refractivity contribution in [1.82, 2.24) is 0 Å². The fraction of sp³-hybridized carbons (Fsp3) is 0.500. The summed E-state index contributed by atoms with van der Waals surface area (Å²) in [5.74, 6) is -6.50. The van der Waals surface area contributed by atoms with E-state index in [0.717, 1.165) is 0 Å². The predicted molar refractivity (Wildman–Crippen MR) is 71.0 cm³/mol. The molecule has 0 radical (unpaired) electrons. The molecule has 2 unspecified atom stereocenters. The van der Waals surface area contributed by atoms with E-state index in [1.54, 1.807) is 0 Å². The summed E-state index contributed by atoms with van der Waals surface area (Å²) in [7, 11) is 0. The van der Waals surface area contributed by atoms with Crippen LogP contribution in [0.5, 0.6) is 0 Å². The van der Waals surface area contributed by atoms with Crippen LogP contribution in [0.15, 0.2) is 23.0 Å². The molecule has 0 aliphatic carbocycles. The van der Waals surface area contributed by atoms with Gasteiger partial charge in [-0.1, -0.05) is 0 Å². The number of ether oxygens (including phenoxy) is 2. The molecule has 0 aromatic rings. The molecule has 2 aliphatic rings. The molecular formula is C12H14CaO12. The molecule has 12 nitrogen and oxygen atoms in total. The van der Waals surface area contributed by atoms with Gasteiger partial charge in [-0.25, -0.2) is 9.59 Å². The van der Waals surface area contributed by atoms with Crippen molar-refractivity contribution in [3.8, 4) is 0 Å². The van der Waals surface area contributed by atoms with Crippen LogP contribution >= 0.6 is 0 Å². The molecule has 0 amide bonds. The normalized spacial score (nSPS) is 24.8. The average Bonchev–Trinajstić information content (AvgIpc) is 2.98. The van der Waals surface area contributed by atoms with Gasteiger partial charge in [0.25, 0.3) is 0 Å². The van der Waals surface area contributed by atoms with E-state index in [4.69, 9.17) is 30.6 Å². The second-order valence-corrected chi connectivity index (χ2v) is 4.58. The average molecular weight is 390 g/mol. The third-order valence-corrected chi connectivity index (χ3v) is 2.92. The number of aliphatic hydroxyl groups is 6. The van der Waals surface area contributed by atoms with Crippen LogP contribution in [-0.4, -0.2) is 118 Å². The zero-order valence-corrected chi connectivity index (χ0v) is 14.8. The van der Waals surface area contributed by atoms with E-state index in [1.807, 2.05) is 0 Å². The van der Waals surface area contributed by atoms with Gasteiger partial charge in [-0.15, -0.1) is 0 Å². The third-order valence-electron chi connectivity index (χ3n) is 2.92. The first-order chi connectivity index (χ1) is 11.1. The van der Waals surface area contributed by atoms with Gasteiger partial charge in [-0.2, -0.15) is 0 Å². The van der Waals surface area contributed by atoms with Crippen LogP contribution in [0.1, 0.15) is 0 Å². The van der Waals surface area contributed by atoms with E-state index >= 15 is 0 Å². The van der Waals surface area contributed by atoms with E-state index < -0.39 is 72.6 Å². The molecule has 136 valence electrons. The molecule has 0 spiro atoms. The summed E-state index contributed by atoms with van der Waals surface area (Å²) in [6.45, 7) is -1.40. The van der Waals surface area contributed by atoms with Gasteiger partial charge in [0.05, 0.1) is 13.2 Å². The van der Waals surface area contributed by atoms with Crippen LogP contribution in [0.25, 0.3) is 0 Å². The van der Waals surface area contributed by atoms with Crippen molar-refractivity contribution < 1.29 is 59.9 Å². The Hall–Kier alpha value is -1.28. The van der Waals surface area contributed by atoms with Crippen LogP contribution in [0.2, 0.25) is 0 Å². The summed E-state index contributed by atoms with van der Waals surface area (Å²) < 4.78 is 8.51. The van der Waals surface area contributed by atoms with Gasteiger partial charge >= 0.3 is 49.7 Å². The number of cyclic esters (lactones) is 2. The van der Waals surface area contributed by atoms with Crippen molar-refractivity contribution >= 4 is 49.7 Å². The number of esters is 2. The van der Waals surface area contributed by atoms with E-state index in [0.29, 0.717) is 0 Å². The number of rotatable bonds is 4. The molecule has 0 fully saturated rings. The van der Waals surface area contributed by atoms with Gasteiger partial charge < -0.3 is 50.3 Å². The Morgan fingerprint density at radius 2 is 1.12 bits per heavy atom. The largest absolute Gasteiger partial charge is 2.00 e. The van der Waals surface area contributed by atoms with Crippen molar-refractivity contribution in [2.24, 2.45) is 0 Å². The summed E-state index contributed by atoms with van der Waals surface area (Å²) in [5, 5.41) is 73.5. The van der Waals surface area contributed by atoms with Crippen LogP contribution in [-0.2, 0) is 19.1 Å². The molecular weight excluding hydrogens is 376 g/mol. The summed E-state index contributed by atoms with van der Waals surface area (Å²) in [6, 6.07) is 0. The van der Waals surface area contributed by atoms with Gasteiger partial charge in [0.15, 0.2) is 12.2 Å². The van der Waals surface area contributed by atoms with Crippen molar-refractivity contribution in [2.75, 3.05) is 13.2 Å². The standard InChI is InChI=1S/2C6H8O6.Ca/c2*7-1-2(8)5-3(9)4(10)6(11)12-5;/h2*2,5,7-10H,1H2;/q;;+2/p-2/t2*2-,5?;/m00./s1. The molecule has 6 N–H and O–H groups in total. The fourth-order valence-corrected chi connectivity index (χ4v) is 1.63. The molecule has 0 aromatic heterocycles. The van der Waals surface area contributed by atoms with Crippen molar-refractivity contribution in [3.63, 3.8) is 0 Å². The smallest absolute Gasteiger partial charge is 0.865 e. The second-order valence-electron chi connectivity index (χ2n) is 4.58. The Labute approximate surface area is 169 Å².